The van der Waals surface area contributed by atoms with Gasteiger partial charge in [0.15, 0.2) is 0 Å². The average molecular weight is 343 g/mol. The first kappa shape index (κ1) is 18.6. The fraction of sp³-hybridized carbons (Fsp3) is 0.650. The number of hydrogen-bond acceptors (Lipinski definition) is 4. The van der Waals surface area contributed by atoms with Crippen LogP contribution in [0.3, 0.4) is 0 Å². The summed E-state index contributed by atoms with van der Waals surface area (Å²) in [4.78, 5) is 0. The Morgan fingerprint density at radius 1 is 1.12 bits per heavy atom. The van der Waals surface area contributed by atoms with Crippen molar-refractivity contribution in [3.8, 4) is 0 Å². The van der Waals surface area contributed by atoms with Crippen LogP contribution in [0.4, 0.5) is 0 Å². The molecule has 3 rings (SSSR count). The van der Waals surface area contributed by atoms with Crippen LogP contribution in [0.1, 0.15) is 70.9 Å². The Labute approximate surface area is 151 Å². The number of aliphatic hydroxyl groups is 1. The maximum absolute atomic E-state index is 10.6. The molecule has 5 heteroatoms. The zero-order chi connectivity index (χ0) is 18.5. The van der Waals surface area contributed by atoms with Crippen molar-refractivity contribution in [2.75, 3.05) is 0 Å². The van der Waals surface area contributed by atoms with Gasteiger partial charge in [0.1, 0.15) is 0 Å². The summed E-state index contributed by atoms with van der Waals surface area (Å²) in [5.74, 6) is 0. The molecule has 4 nitrogen and oxygen atoms in total. The monoisotopic (exact) mass is 343 g/mol. The molecule has 2 aliphatic rings. The summed E-state index contributed by atoms with van der Waals surface area (Å²) in [6, 6.07) is 5.98. The van der Waals surface area contributed by atoms with E-state index in [0.29, 0.717) is 12.1 Å². The van der Waals surface area contributed by atoms with Crippen LogP contribution in [0.5, 0.6) is 0 Å². The second-order valence-electron chi connectivity index (χ2n) is 8.75. The van der Waals surface area contributed by atoms with E-state index < -0.39 is 12.7 Å². The Morgan fingerprint density at radius 2 is 1.68 bits per heavy atom. The van der Waals surface area contributed by atoms with Crippen molar-refractivity contribution in [3.63, 3.8) is 0 Å². The first-order chi connectivity index (χ1) is 11.5. The zero-order valence-electron chi connectivity index (χ0n) is 16.1. The Morgan fingerprint density at radius 3 is 2.24 bits per heavy atom. The van der Waals surface area contributed by atoms with Gasteiger partial charge in [0.25, 0.3) is 0 Å². The summed E-state index contributed by atoms with van der Waals surface area (Å²) in [5, 5.41) is 19.1. The second kappa shape index (κ2) is 6.22. The Balaban J connectivity index is 1.83. The van der Waals surface area contributed by atoms with E-state index in [0.717, 1.165) is 42.3 Å². The molecule has 0 aromatic heterocycles. The molecule has 25 heavy (non-hydrogen) atoms. The molecule has 1 aromatic carbocycles. The minimum Gasteiger partial charge on any atom is -0.399 e. The molecule has 0 radical (unpaired) electrons. The summed E-state index contributed by atoms with van der Waals surface area (Å²) >= 11 is 0. The first-order valence-electron chi connectivity index (χ1n) is 9.29. The minimum atomic E-state index is -0.702. The molecule has 1 saturated carbocycles. The van der Waals surface area contributed by atoms with Crippen molar-refractivity contribution in [1.82, 2.24) is 0 Å². The topological polar surface area (TPSA) is 62.5 Å². The molecule has 1 aliphatic heterocycles. The van der Waals surface area contributed by atoms with Crippen molar-refractivity contribution >= 4 is 18.3 Å². The van der Waals surface area contributed by atoms with E-state index in [1.54, 1.807) is 0 Å². The van der Waals surface area contributed by atoms with E-state index >= 15 is 0 Å². The number of hydrogen-bond donors (Lipinski definition) is 2. The SMILES string of the molecule is Cc1ccc(C(=N)CC2(O)CCCC2)cc1B1OC(C)(C)C(C)(C)O1. The van der Waals surface area contributed by atoms with Gasteiger partial charge >= 0.3 is 7.12 Å². The molecule has 1 saturated heterocycles. The summed E-state index contributed by atoms with van der Waals surface area (Å²) in [7, 11) is -0.424. The lowest BCUT2D eigenvalue weighted by Gasteiger charge is -2.32. The lowest BCUT2D eigenvalue weighted by Crippen LogP contribution is -2.41. The van der Waals surface area contributed by atoms with Gasteiger partial charge in [-0.3, -0.25) is 0 Å². The number of aryl methyl sites for hydroxylation is 1. The normalized spacial score (nSPS) is 23.8. The fourth-order valence-electron chi connectivity index (χ4n) is 3.69. The van der Waals surface area contributed by atoms with E-state index in [9.17, 15) is 5.11 Å². The first-order valence-corrected chi connectivity index (χ1v) is 9.29. The predicted octanol–water partition coefficient (Wildman–Crippen LogP) is 3.36. The summed E-state index contributed by atoms with van der Waals surface area (Å²) in [6.45, 7) is 10.2. The molecular formula is C20H30BNO3. The van der Waals surface area contributed by atoms with Gasteiger partial charge in [0.2, 0.25) is 0 Å². The van der Waals surface area contributed by atoms with Crippen LogP contribution >= 0.6 is 0 Å². The third kappa shape index (κ3) is 3.55. The minimum absolute atomic E-state index is 0.382. The largest absolute Gasteiger partial charge is 0.495 e. The summed E-state index contributed by atoms with van der Waals surface area (Å²) in [6.07, 6.45) is 4.11. The lowest BCUT2D eigenvalue weighted by molar-refractivity contribution is 0.00578. The third-order valence-electron chi connectivity index (χ3n) is 6.17. The molecule has 0 amide bonds. The standard InChI is InChI=1S/C20H30BNO3/c1-14-8-9-15(17(22)13-20(23)10-6-7-11-20)12-16(14)21-24-18(2,3)19(4,5)25-21/h8-9,12,22-23H,6-7,10-11,13H2,1-5H3. The van der Waals surface area contributed by atoms with E-state index in [-0.39, 0.29) is 11.2 Å². The highest BCUT2D eigenvalue weighted by atomic mass is 16.7. The van der Waals surface area contributed by atoms with Gasteiger partial charge in [-0.15, -0.1) is 0 Å². The van der Waals surface area contributed by atoms with E-state index in [1.165, 1.54) is 0 Å². The van der Waals surface area contributed by atoms with Gasteiger partial charge in [-0.2, -0.15) is 0 Å². The quantitative estimate of drug-likeness (QED) is 0.651. The molecule has 1 aromatic rings. The number of benzene rings is 1. The van der Waals surface area contributed by atoms with Crippen LogP contribution in [-0.2, 0) is 9.31 Å². The summed E-state index contributed by atoms with van der Waals surface area (Å²) < 4.78 is 12.4. The van der Waals surface area contributed by atoms with E-state index in [2.05, 4.69) is 0 Å². The molecule has 2 N–H and O–H groups in total. The number of nitrogens with one attached hydrogen (secondary N) is 1. The maximum atomic E-state index is 10.6. The van der Waals surface area contributed by atoms with Crippen molar-refractivity contribution in [3.05, 3.63) is 29.3 Å². The molecule has 0 spiro atoms. The third-order valence-corrected chi connectivity index (χ3v) is 6.17. The van der Waals surface area contributed by atoms with Crippen molar-refractivity contribution in [1.29, 1.82) is 5.41 Å². The van der Waals surface area contributed by atoms with Crippen LogP contribution in [0.15, 0.2) is 18.2 Å². The summed E-state index contributed by atoms with van der Waals surface area (Å²) in [5.41, 5.74) is 1.93. The van der Waals surface area contributed by atoms with Crippen LogP contribution < -0.4 is 5.46 Å². The zero-order valence-corrected chi connectivity index (χ0v) is 16.1. The highest BCUT2D eigenvalue weighted by Gasteiger charge is 2.52. The van der Waals surface area contributed by atoms with Gasteiger partial charge in [0.05, 0.1) is 16.8 Å². The van der Waals surface area contributed by atoms with E-state index in [1.807, 2.05) is 52.8 Å². The Hall–Kier alpha value is -1.17. The number of rotatable bonds is 4. The highest BCUT2D eigenvalue weighted by Crippen LogP contribution is 2.37. The smallest absolute Gasteiger partial charge is 0.399 e. The molecule has 1 heterocycles. The molecule has 0 bridgehead atoms. The molecule has 136 valence electrons. The van der Waals surface area contributed by atoms with Crippen molar-refractivity contribution < 1.29 is 14.4 Å². The van der Waals surface area contributed by atoms with Crippen LogP contribution in [0, 0.1) is 12.3 Å². The van der Waals surface area contributed by atoms with Gasteiger partial charge in [-0.05, 0) is 58.5 Å². The van der Waals surface area contributed by atoms with Gasteiger partial charge < -0.3 is 19.8 Å². The van der Waals surface area contributed by atoms with Crippen LogP contribution in [0.25, 0.3) is 0 Å². The molecule has 1 aliphatic carbocycles. The van der Waals surface area contributed by atoms with Crippen LogP contribution in [0.2, 0.25) is 0 Å². The lowest BCUT2D eigenvalue weighted by atomic mass is 9.75. The highest BCUT2D eigenvalue weighted by molar-refractivity contribution is 6.62. The van der Waals surface area contributed by atoms with E-state index in [4.69, 9.17) is 14.7 Å². The second-order valence-corrected chi connectivity index (χ2v) is 8.75. The van der Waals surface area contributed by atoms with Crippen molar-refractivity contribution in [2.24, 2.45) is 0 Å². The molecule has 0 unspecified atom stereocenters. The van der Waals surface area contributed by atoms with Gasteiger partial charge in [-0.25, -0.2) is 0 Å². The predicted molar refractivity (Wildman–Crippen MR) is 102 cm³/mol. The maximum Gasteiger partial charge on any atom is 0.495 e. The Kier molecular flexibility index (Phi) is 4.63. The van der Waals surface area contributed by atoms with Crippen molar-refractivity contribution in [2.45, 2.75) is 83.5 Å². The van der Waals surface area contributed by atoms with Gasteiger partial charge in [0, 0.05) is 12.1 Å². The Bertz CT molecular complexity index is 662. The molecule has 0 atom stereocenters. The van der Waals surface area contributed by atoms with Gasteiger partial charge in [-0.1, -0.05) is 36.6 Å². The fourth-order valence-corrected chi connectivity index (χ4v) is 3.69. The average Bonchev–Trinajstić information content (AvgIpc) is 3.00. The van der Waals surface area contributed by atoms with Crippen LogP contribution in [-0.4, -0.2) is 34.7 Å². The molecular weight excluding hydrogens is 313 g/mol. The molecule has 2 fully saturated rings.